The SMILES string of the molecule is Cc1ccc([N+](=O)[O-])cc1N1C(=O)C[C@@H](N2CCC(C(N)=O)CC2)C1=O. The van der Waals surface area contributed by atoms with E-state index in [4.69, 9.17) is 5.73 Å². The highest BCUT2D eigenvalue weighted by Gasteiger charge is 2.44. The van der Waals surface area contributed by atoms with Gasteiger partial charge >= 0.3 is 0 Å². The Morgan fingerprint density at radius 2 is 1.92 bits per heavy atom. The van der Waals surface area contributed by atoms with E-state index in [-0.39, 0.29) is 41.4 Å². The standard InChI is InChI=1S/C17H20N4O5/c1-10-2-3-12(21(25)26)8-13(10)20-15(22)9-14(17(20)24)19-6-4-11(5-7-19)16(18)23/h2-3,8,11,14H,4-7,9H2,1H3,(H2,18,23)/t14-/m1/s1. The second kappa shape index (κ2) is 6.83. The van der Waals surface area contributed by atoms with Crippen LogP contribution >= 0.6 is 0 Å². The summed E-state index contributed by atoms with van der Waals surface area (Å²) >= 11 is 0. The second-order valence-electron chi connectivity index (χ2n) is 6.73. The van der Waals surface area contributed by atoms with Crippen LogP contribution in [0.25, 0.3) is 0 Å². The van der Waals surface area contributed by atoms with Crippen LogP contribution in [-0.2, 0) is 14.4 Å². The molecule has 2 aliphatic rings. The number of hydrogen-bond donors (Lipinski definition) is 1. The van der Waals surface area contributed by atoms with Gasteiger partial charge in [-0.15, -0.1) is 0 Å². The lowest BCUT2D eigenvalue weighted by Crippen LogP contribution is -2.47. The van der Waals surface area contributed by atoms with Gasteiger partial charge in [-0.25, -0.2) is 4.90 Å². The maximum absolute atomic E-state index is 12.9. The van der Waals surface area contributed by atoms with E-state index in [0.29, 0.717) is 31.5 Å². The number of nitro groups is 1. The number of carbonyl (C=O) groups is 3. The molecule has 2 aliphatic heterocycles. The number of aryl methyl sites for hydroxylation is 1. The predicted molar refractivity (Wildman–Crippen MR) is 92.2 cm³/mol. The van der Waals surface area contributed by atoms with Crippen LogP contribution in [0.4, 0.5) is 11.4 Å². The minimum absolute atomic E-state index is 0.0300. The third kappa shape index (κ3) is 3.17. The Morgan fingerprint density at radius 3 is 2.50 bits per heavy atom. The second-order valence-corrected chi connectivity index (χ2v) is 6.73. The molecular formula is C17H20N4O5. The summed E-state index contributed by atoms with van der Waals surface area (Å²) in [6.45, 7) is 2.73. The summed E-state index contributed by atoms with van der Waals surface area (Å²) in [4.78, 5) is 50.0. The molecule has 9 nitrogen and oxygen atoms in total. The topological polar surface area (TPSA) is 127 Å². The van der Waals surface area contributed by atoms with Gasteiger partial charge in [0.15, 0.2) is 0 Å². The molecule has 1 atom stereocenters. The van der Waals surface area contributed by atoms with Crippen LogP contribution in [0.2, 0.25) is 0 Å². The number of non-ortho nitro benzene ring substituents is 1. The molecule has 0 unspecified atom stereocenters. The van der Waals surface area contributed by atoms with Gasteiger partial charge in [0.1, 0.15) is 0 Å². The van der Waals surface area contributed by atoms with Gasteiger partial charge in [0, 0.05) is 18.1 Å². The average molecular weight is 360 g/mol. The van der Waals surface area contributed by atoms with Gasteiger partial charge in [-0.3, -0.25) is 29.4 Å². The van der Waals surface area contributed by atoms with Crippen LogP contribution in [0.1, 0.15) is 24.8 Å². The fourth-order valence-electron chi connectivity index (χ4n) is 3.60. The Labute approximate surface area is 149 Å². The first kappa shape index (κ1) is 18.0. The number of piperidine rings is 1. The zero-order valence-corrected chi connectivity index (χ0v) is 14.4. The molecule has 0 aliphatic carbocycles. The third-order valence-electron chi connectivity index (χ3n) is 5.14. The summed E-state index contributed by atoms with van der Waals surface area (Å²) < 4.78 is 0. The Kier molecular flexibility index (Phi) is 4.73. The number of imide groups is 1. The Balaban J connectivity index is 1.81. The van der Waals surface area contributed by atoms with E-state index >= 15 is 0 Å². The zero-order valence-electron chi connectivity index (χ0n) is 14.4. The number of primary amides is 1. The molecule has 0 aromatic heterocycles. The lowest BCUT2D eigenvalue weighted by Gasteiger charge is -2.33. The number of nitro benzene ring substituents is 1. The monoisotopic (exact) mass is 360 g/mol. The molecule has 3 amide bonds. The summed E-state index contributed by atoms with van der Waals surface area (Å²) in [6.07, 6.45) is 1.15. The van der Waals surface area contributed by atoms with Crippen molar-refractivity contribution < 1.29 is 19.3 Å². The molecule has 2 fully saturated rings. The maximum Gasteiger partial charge on any atom is 0.271 e. The van der Waals surface area contributed by atoms with Gasteiger partial charge in [0.05, 0.1) is 23.1 Å². The number of nitrogens with two attached hydrogens (primary N) is 1. The van der Waals surface area contributed by atoms with Crippen molar-refractivity contribution in [3.8, 4) is 0 Å². The number of hydrogen-bond acceptors (Lipinski definition) is 6. The molecule has 2 heterocycles. The molecule has 26 heavy (non-hydrogen) atoms. The first-order chi connectivity index (χ1) is 12.3. The Morgan fingerprint density at radius 1 is 1.27 bits per heavy atom. The number of benzene rings is 1. The summed E-state index contributed by atoms with van der Waals surface area (Å²) in [7, 11) is 0. The molecule has 2 N–H and O–H groups in total. The lowest BCUT2D eigenvalue weighted by molar-refractivity contribution is -0.384. The minimum atomic E-state index is -0.602. The number of rotatable bonds is 4. The van der Waals surface area contributed by atoms with Crippen molar-refractivity contribution >= 4 is 29.1 Å². The van der Waals surface area contributed by atoms with E-state index in [1.807, 2.05) is 4.90 Å². The number of carbonyl (C=O) groups excluding carboxylic acids is 3. The van der Waals surface area contributed by atoms with E-state index < -0.39 is 11.0 Å². The van der Waals surface area contributed by atoms with Gasteiger partial charge < -0.3 is 5.73 Å². The smallest absolute Gasteiger partial charge is 0.271 e. The van der Waals surface area contributed by atoms with Crippen LogP contribution < -0.4 is 10.6 Å². The summed E-state index contributed by atoms with van der Waals surface area (Å²) in [5.41, 5.74) is 6.03. The van der Waals surface area contributed by atoms with E-state index in [9.17, 15) is 24.5 Å². The quantitative estimate of drug-likeness (QED) is 0.479. The summed E-state index contributed by atoms with van der Waals surface area (Å²) in [5, 5.41) is 11.0. The van der Waals surface area contributed by atoms with E-state index in [1.165, 1.54) is 18.2 Å². The van der Waals surface area contributed by atoms with Crippen molar-refractivity contribution in [1.29, 1.82) is 0 Å². The van der Waals surface area contributed by atoms with Crippen LogP contribution in [0.3, 0.4) is 0 Å². The van der Waals surface area contributed by atoms with E-state index in [1.54, 1.807) is 6.92 Å². The number of anilines is 1. The summed E-state index contributed by atoms with van der Waals surface area (Å²) in [6, 6.07) is 3.53. The first-order valence-corrected chi connectivity index (χ1v) is 8.44. The highest BCUT2D eigenvalue weighted by atomic mass is 16.6. The van der Waals surface area contributed by atoms with Crippen molar-refractivity contribution in [2.45, 2.75) is 32.2 Å². The molecule has 0 radical (unpaired) electrons. The third-order valence-corrected chi connectivity index (χ3v) is 5.14. The van der Waals surface area contributed by atoms with Gasteiger partial charge in [-0.05, 0) is 38.4 Å². The minimum Gasteiger partial charge on any atom is -0.369 e. The molecule has 3 rings (SSSR count). The largest absolute Gasteiger partial charge is 0.369 e. The fraction of sp³-hybridized carbons (Fsp3) is 0.471. The lowest BCUT2D eigenvalue weighted by atomic mass is 9.95. The highest BCUT2D eigenvalue weighted by molar-refractivity contribution is 6.22. The van der Waals surface area contributed by atoms with Crippen molar-refractivity contribution in [2.75, 3.05) is 18.0 Å². The number of likely N-dealkylation sites (tertiary alicyclic amines) is 1. The Hall–Kier alpha value is -2.81. The Bertz CT molecular complexity index is 785. The predicted octanol–water partition coefficient (Wildman–Crippen LogP) is 0.732. The first-order valence-electron chi connectivity index (χ1n) is 8.44. The van der Waals surface area contributed by atoms with Crippen LogP contribution in [0.15, 0.2) is 18.2 Å². The van der Waals surface area contributed by atoms with Gasteiger partial charge in [-0.2, -0.15) is 0 Å². The van der Waals surface area contributed by atoms with Crippen LogP contribution in [0.5, 0.6) is 0 Å². The molecule has 1 aromatic rings. The molecule has 0 saturated carbocycles. The molecule has 0 bridgehead atoms. The molecule has 1 aromatic carbocycles. The number of amides is 3. The molecule has 2 saturated heterocycles. The normalized spacial score (nSPS) is 22.0. The van der Waals surface area contributed by atoms with E-state index in [2.05, 4.69) is 0 Å². The van der Waals surface area contributed by atoms with Crippen molar-refractivity contribution in [1.82, 2.24) is 4.90 Å². The van der Waals surface area contributed by atoms with Crippen molar-refractivity contribution in [3.05, 3.63) is 33.9 Å². The fourth-order valence-corrected chi connectivity index (χ4v) is 3.60. The molecule has 138 valence electrons. The molecule has 9 heteroatoms. The molecule has 0 spiro atoms. The van der Waals surface area contributed by atoms with Gasteiger partial charge in [0.2, 0.25) is 11.8 Å². The van der Waals surface area contributed by atoms with Crippen molar-refractivity contribution in [3.63, 3.8) is 0 Å². The summed E-state index contributed by atoms with van der Waals surface area (Å²) in [5.74, 6) is -1.29. The highest BCUT2D eigenvalue weighted by Crippen LogP contribution is 2.32. The maximum atomic E-state index is 12.9. The van der Waals surface area contributed by atoms with Crippen LogP contribution in [-0.4, -0.2) is 46.7 Å². The molecular weight excluding hydrogens is 340 g/mol. The average Bonchev–Trinajstić information content (AvgIpc) is 2.90. The number of nitrogens with zero attached hydrogens (tertiary/aromatic N) is 3. The zero-order chi connectivity index (χ0) is 19.0. The van der Waals surface area contributed by atoms with Gasteiger partial charge in [0.25, 0.3) is 11.6 Å². The van der Waals surface area contributed by atoms with Gasteiger partial charge in [-0.1, -0.05) is 6.07 Å². The van der Waals surface area contributed by atoms with Crippen LogP contribution in [0, 0.1) is 23.0 Å². The van der Waals surface area contributed by atoms with E-state index in [0.717, 1.165) is 4.90 Å². The van der Waals surface area contributed by atoms with Crippen molar-refractivity contribution in [2.24, 2.45) is 11.7 Å².